The molecule has 110 valence electrons. The Kier molecular flexibility index (Phi) is 5.20. The van der Waals surface area contributed by atoms with Crippen LogP contribution >= 0.6 is 0 Å². The topological polar surface area (TPSA) is 29.5 Å². The number of nitrogens with zero attached hydrogens (tertiary/aromatic N) is 1. The Morgan fingerprint density at radius 2 is 2.05 bits per heavy atom. The highest BCUT2D eigenvalue weighted by Gasteiger charge is 2.19. The van der Waals surface area contributed by atoms with Gasteiger partial charge in [-0.3, -0.25) is 9.69 Å². The zero-order valence-electron chi connectivity index (χ0n) is 11.6. The van der Waals surface area contributed by atoms with Crippen LogP contribution < -0.4 is 0 Å². The van der Waals surface area contributed by atoms with E-state index < -0.39 is 11.6 Å². The first kappa shape index (κ1) is 15.1. The van der Waals surface area contributed by atoms with Gasteiger partial charge in [-0.25, -0.2) is 8.78 Å². The number of hydrogen-bond donors (Lipinski definition) is 0. The standard InChI is InChI=1S/C15H19F2NO2/c1-18(9-11-4-6-20-7-5-11)10-15(19)13-3-2-12(16)8-14(13)17/h2-3,8,11H,4-7,9-10H2,1H3. The molecular weight excluding hydrogens is 264 g/mol. The summed E-state index contributed by atoms with van der Waals surface area (Å²) < 4.78 is 31.6. The molecule has 1 fully saturated rings. The third-order valence-electron chi connectivity index (χ3n) is 3.56. The summed E-state index contributed by atoms with van der Waals surface area (Å²) in [5, 5.41) is 0. The molecule has 3 nitrogen and oxygen atoms in total. The van der Waals surface area contributed by atoms with Crippen LogP contribution in [0, 0.1) is 17.6 Å². The largest absolute Gasteiger partial charge is 0.381 e. The molecule has 2 rings (SSSR count). The molecule has 0 N–H and O–H groups in total. The highest BCUT2D eigenvalue weighted by Crippen LogP contribution is 2.16. The average molecular weight is 283 g/mol. The number of benzene rings is 1. The van der Waals surface area contributed by atoms with Gasteiger partial charge >= 0.3 is 0 Å². The number of ketones is 1. The summed E-state index contributed by atoms with van der Waals surface area (Å²) in [6.45, 7) is 2.45. The van der Waals surface area contributed by atoms with E-state index in [9.17, 15) is 13.6 Å². The lowest BCUT2D eigenvalue weighted by molar-refractivity contribution is 0.0549. The minimum absolute atomic E-state index is 0.0507. The van der Waals surface area contributed by atoms with E-state index in [-0.39, 0.29) is 17.9 Å². The summed E-state index contributed by atoms with van der Waals surface area (Å²) in [4.78, 5) is 13.9. The van der Waals surface area contributed by atoms with Crippen molar-refractivity contribution < 1.29 is 18.3 Å². The van der Waals surface area contributed by atoms with Crippen molar-refractivity contribution in [1.82, 2.24) is 4.90 Å². The summed E-state index contributed by atoms with van der Waals surface area (Å²) >= 11 is 0. The minimum atomic E-state index is -0.797. The predicted octanol–water partition coefficient (Wildman–Crippen LogP) is 2.51. The second kappa shape index (κ2) is 6.90. The molecule has 0 radical (unpaired) electrons. The Hall–Kier alpha value is -1.33. The molecule has 0 spiro atoms. The Morgan fingerprint density at radius 1 is 1.35 bits per heavy atom. The van der Waals surface area contributed by atoms with Gasteiger partial charge in [-0.2, -0.15) is 0 Å². The number of hydrogen-bond acceptors (Lipinski definition) is 3. The van der Waals surface area contributed by atoms with Crippen LogP contribution in [0.2, 0.25) is 0 Å². The fraction of sp³-hybridized carbons (Fsp3) is 0.533. The molecule has 1 aliphatic rings. The highest BCUT2D eigenvalue weighted by molar-refractivity contribution is 5.97. The number of carbonyl (C=O) groups is 1. The number of ether oxygens (including phenoxy) is 1. The smallest absolute Gasteiger partial charge is 0.179 e. The fourth-order valence-electron chi connectivity index (χ4n) is 2.48. The molecule has 0 unspecified atom stereocenters. The van der Waals surface area contributed by atoms with Gasteiger partial charge in [0.1, 0.15) is 11.6 Å². The van der Waals surface area contributed by atoms with Gasteiger partial charge in [0.05, 0.1) is 12.1 Å². The Morgan fingerprint density at radius 3 is 2.70 bits per heavy atom. The van der Waals surface area contributed by atoms with Crippen molar-refractivity contribution >= 4 is 5.78 Å². The van der Waals surface area contributed by atoms with E-state index >= 15 is 0 Å². The van der Waals surface area contributed by atoms with Crippen LogP contribution in [0.4, 0.5) is 8.78 Å². The van der Waals surface area contributed by atoms with Crippen molar-refractivity contribution in [3.05, 3.63) is 35.4 Å². The molecule has 0 bridgehead atoms. The summed E-state index contributed by atoms with van der Waals surface area (Å²) in [5.74, 6) is -1.28. The molecule has 20 heavy (non-hydrogen) atoms. The van der Waals surface area contributed by atoms with Crippen LogP contribution in [0.5, 0.6) is 0 Å². The summed E-state index contributed by atoms with van der Waals surface area (Å²) in [5.41, 5.74) is -0.0507. The third-order valence-corrected chi connectivity index (χ3v) is 3.56. The molecule has 1 heterocycles. The van der Waals surface area contributed by atoms with Crippen molar-refractivity contribution in [1.29, 1.82) is 0 Å². The lowest BCUT2D eigenvalue weighted by Crippen LogP contribution is -2.33. The van der Waals surface area contributed by atoms with Gasteiger partial charge in [-0.15, -0.1) is 0 Å². The summed E-state index contributed by atoms with van der Waals surface area (Å²) in [6, 6.07) is 3.05. The van der Waals surface area contributed by atoms with Gasteiger partial charge in [-0.05, 0) is 37.9 Å². The van der Waals surface area contributed by atoms with E-state index in [1.807, 2.05) is 11.9 Å². The first-order valence-corrected chi connectivity index (χ1v) is 6.81. The quantitative estimate of drug-likeness (QED) is 0.778. The highest BCUT2D eigenvalue weighted by atomic mass is 19.1. The molecule has 0 aromatic heterocycles. The van der Waals surface area contributed by atoms with Crippen molar-refractivity contribution in [2.75, 3.05) is 33.4 Å². The van der Waals surface area contributed by atoms with E-state index in [0.717, 1.165) is 44.7 Å². The first-order valence-electron chi connectivity index (χ1n) is 6.81. The molecule has 1 aromatic carbocycles. The fourth-order valence-corrected chi connectivity index (χ4v) is 2.48. The molecule has 0 aliphatic carbocycles. The van der Waals surface area contributed by atoms with Crippen LogP contribution in [-0.4, -0.2) is 44.0 Å². The van der Waals surface area contributed by atoms with Gasteiger partial charge in [0.15, 0.2) is 5.78 Å². The lowest BCUT2D eigenvalue weighted by Gasteiger charge is -2.26. The van der Waals surface area contributed by atoms with Crippen molar-refractivity contribution in [3.63, 3.8) is 0 Å². The maximum absolute atomic E-state index is 13.5. The van der Waals surface area contributed by atoms with Crippen LogP contribution in [-0.2, 0) is 4.74 Å². The van der Waals surface area contributed by atoms with Crippen molar-refractivity contribution in [2.45, 2.75) is 12.8 Å². The van der Waals surface area contributed by atoms with Crippen LogP contribution in [0.25, 0.3) is 0 Å². The monoisotopic (exact) mass is 283 g/mol. The lowest BCUT2D eigenvalue weighted by atomic mass is 9.99. The normalized spacial score (nSPS) is 16.6. The summed E-state index contributed by atoms with van der Waals surface area (Å²) in [6.07, 6.45) is 1.98. The first-order chi connectivity index (χ1) is 9.56. The molecule has 0 saturated carbocycles. The molecule has 0 amide bonds. The second-order valence-corrected chi connectivity index (χ2v) is 5.30. The number of Topliss-reactive ketones (excluding diaryl/α,β-unsaturated/α-hetero) is 1. The Bertz CT molecular complexity index is 473. The summed E-state index contributed by atoms with van der Waals surface area (Å²) in [7, 11) is 1.84. The number of likely N-dealkylation sites (N-methyl/N-ethyl adjacent to an activating group) is 1. The van der Waals surface area contributed by atoms with Crippen molar-refractivity contribution in [2.24, 2.45) is 5.92 Å². The third kappa shape index (κ3) is 4.08. The van der Waals surface area contributed by atoms with Crippen LogP contribution in [0.1, 0.15) is 23.2 Å². The van der Waals surface area contributed by atoms with Crippen LogP contribution in [0.15, 0.2) is 18.2 Å². The van der Waals surface area contributed by atoms with E-state index in [4.69, 9.17) is 4.74 Å². The molecule has 0 atom stereocenters. The van der Waals surface area contributed by atoms with Gasteiger partial charge in [0, 0.05) is 25.8 Å². The SMILES string of the molecule is CN(CC(=O)c1ccc(F)cc1F)CC1CCOCC1. The van der Waals surface area contributed by atoms with E-state index in [1.165, 1.54) is 6.07 Å². The van der Waals surface area contributed by atoms with E-state index in [0.29, 0.717) is 5.92 Å². The van der Waals surface area contributed by atoms with Gasteiger partial charge in [0.25, 0.3) is 0 Å². The molecule has 1 aliphatic heterocycles. The van der Waals surface area contributed by atoms with Gasteiger partial charge in [0.2, 0.25) is 0 Å². The van der Waals surface area contributed by atoms with Gasteiger partial charge in [-0.1, -0.05) is 0 Å². The number of carbonyl (C=O) groups excluding carboxylic acids is 1. The maximum Gasteiger partial charge on any atom is 0.179 e. The minimum Gasteiger partial charge on any atom is -0.381 e. The zero-order chi connectivity index (χ0) is 14.5. The second-order valence-electron chi connectivity index (χ2n) is 5.30. The zero-order valence-corrected chi connectivity index (χ0v) is 11.6. The van der Waals surface area contributed by atoms with E-state index in [1.54, 1.807) is 0 Å². The van der Waals surface area contributed by atoms with Crippen molar-refractivity contribution in [3.8, 4) is 0 Å². The molecule has 1 aromatic rings. The Balaban J connectivity index is 1.89. The van der Waals surface area contributed by atoms with E-state index in [2.05, 4.69) is 0 Å². The maximum atomic E-state index is 13.5. The molecule has 1 saturated heterocycles. The Labute approximate surface area is 117 Å². The van der Waals surface area contributed by atoms with Gasteiger partial charge < -0.3 is 4.74 Å². The number of rotatable bonds is 5. The number of halogens is 2. The molecular formula is C15H19F2NO2. The average Bonchev–Trinajstić information content (AvgIpc) is 2.39. The predicted molar refractivity (Wildman–Crippen MR) is 71.7 cm³/mol. The molecule has 5 heteroatoms. The van der Waals surface area contributed by atoms with Crippen LogP contribution in [0.3, 0.4) is 0 Å².